The lowest BCUT2D eigenvalue weighted by atomic mass is 9.89. The van der Waals surface area contributed by atoms with Crippen LogP contribution in [-0.4, -0.2) is 18.5 Å². The van der Waals surface area contributed by atoms with Crippen molar-refractivity contribution in [3.8, 4) is 0 Å². The van der Waals surface area contributed by atoms with E-state index in [0.717, 1.165) is 18.0 Å². The number of rotatable bonds is 1. The summed E-state index contributed by atoms with van der Waals surface area (Å²) in [4.78, 5) is 2.41. The van der Waals surface area contributed by atoms with Crippen LogP contribution in [0, 0.1) is 0 Å². The van der Waals surface area contributed by atoms with Crippen molar-refractivity contribution in [1.82, 2.24) is 4.90 Å². The summed E-state index contributed by atoms with van der Waals surface area (Å²) < 4.78 is 0. The van der Waals surface area contributed by atoms with Gasteiger partial charge in [-0.1, -0.05) is 48.0 Å². The first-order valence-corrected chi connectivity index (χ1v) is 6.67. The van der Waals surface area contributed by atoms with Crippen molar-refractivity contribution >= 4 is 11.6 Å². The minimum absolute atomic E-state index is 0.354. The molecule has 1 aliphatic heterocycles. The summed E-state index contributed by atoms with van der Waals surface area (Å²) >= 11 is 5.97. The van der Waals surface area contributed by atoms with Gasteiger partial charge in [-0.2, -0.15) is 0 Å². The average Bonchev–Trinajstić information content (AvgIpc) is 2.40. The summed E-state index contributed by atoms with van der Waals surface area (Å²) in [6.45, 7) is 1.10. The minimum atomic E-state index is 0.354. The fraction of sp³-hybridized carbons (Fsp3) is 0.250. The largest absolute Gasteiger partial charge is 0.295 e. The Morgan fingerprint density at radius 1 is 1.06 bits per heavy atom. The zero-order valence-electron chi connectivity index (χ0n) is 10.4. The van der Waals surface area contributed by atoms with Crippen LogP contribution in [0.25, 0.3) is 0 Å². The molecule has 0 amide bonds. The summed E-state index contributed by atoms with van der Waals surface area (Å²) in [5, 5.41) is 0.797. The summed E-state index contributed by atoms with van der Waals surface area (Å²) in [6, 6.07) is 17.3. The van der Waals surface area contributed by atoms with Crippen LogP contribution in [-0.2, 0) is 6.42 Å². The van der Waals surface area contributed by atoms with E-state index in [0.29, 0.717) is 6.04 Å². The average molecular weight is 258 g/mol. The van der Waals surface area contributed by atoms with E-state index in [4.69, 9.17) is 11.6 Å². The van der Waals surface area contributed by atoms with E-state index in [-0.39, 0.29) is 0 Å². The van der Waals surface area contributed by atoms with Crippen LogP contribution < -0.4 is 0 Å². The van der Waals surface area contributed by atoms with Crippen molar-refractivity contribution in [2.24, 2.45) is 0 Å². The van der Waals surface area contributed by atoms with Gasteiger partial charge in [-0.25, -0.2) is 0 Å². The van der Waals surface area contributed by atoms with Gasteiger partial charge in [0, 0.05) is 11.6 Å². The summed E-state index contributed by atoms with van der Waals surface area (Å²) in [5.41, 5.74) is 4.21. The SMILES string of the molecule is CN1CCc2ccccc2[C@H]1c1ccc(Cl)cc1. The van der Waals surface area contributed by atoms with Gasteiger partial charge < -0.3 is 0 Å². The van der Waals surface area contributed by atoms with E-state index >= 15 is 0 Å². The van der Waals surface area contributed by atoms with E-state index in [9.17, 15) is 0 Å². The normalized spacial score (nSPS) is 19.6. The Kier molecular flexibility index (Phi) is 3.11. The number of nitrogens with zero attached hydrogens (tertiary/aromatic N) is 1. The van der Waals surface area contributed by atoms with Crippen molar-refractivity contribution in [3.05, 3.63) is 70.2 Å². The standard InChI is InChI=1S/C16H16ClN/c1-18-11-10-12-4-2-3-5-15(12)16(18)13-6-8-14(17)9-7-13/h2-9,16H,10-11H2,1H3/t16-/m1/s1. The number of hydrogen-bond donors (Lipinski definition) is 0. The maximum Gasteiger partial charge on any atom is 0.0602 e. The predicted octanol–water partition coefficient (Wildman–Crippen LogP) is 3.92. The number of fused-ring (bicyclic) bond motifs is 1. The maximum atomic E-state index is 5.97. The molecule has 0 saturated heterocycles. The van der Waals surface area contributed by atoms with Crippen LogP contribution in [0.3, 0.4) is 0 Å². The van der Waals surface area contributed by atoms with Gasteiger partial charge in [0.2, 0.25) is 0 Å². The molecule has 1 aliphatic rings. The van der Waals surface area contributed by atoms with E-state index in [2.05, 4.69) is 48.3 Å². The number of likely N-dealkylation sites (N-methyl/N-ethyl adjacent to an activating group) is 1. The van der Waals surface area contributed by atoms with Gasteiger partial charge in [-0.05, 0) is 42.3 Å². The second kappa shape index (κ2) is 4.75. The van der Waals surface area contributed by atoms with Gasteiger partial charge >= 0.3 is 0 Å². The van der Waals surface area contributed by atoms with E-state index in [1.54, 1.807) is 0 Å². The van der Waals surface area contributed by atoms with Crippen molar-refractivity contribution in [1.29, 1.82) is 0 Å². The van der Waals surface area contributed by atoms with Crippen molar-refractivity contribution in [2.45, 2.75) is 12.5 Å². The molecule has 0 radical (unpaired) electrons. The Bertz CT molecular complexity index is 547. The summed E-state index contributed by atoms with van der Waals surface area (Å²) in [7, 11) is 2.19. The van der Waals surface area contributed by atoms with Crippen LogP contribution >= 0.6 is 11.6 Å². The van der Waals surface area contributed by atoms with Gasteiger partial charge in [-0.15, -0.1) is 0 Å². The molecule has 0 spiro atoms. The monoisotopic (exact) mass is 257 g/mol. The number of hydrogen-bond acceptors (Lipinski definition) is 1. The third-order valence-electron chi connectivity index (χ3n) is 3.71. The molecular formula is C16H16ClN. The molecule has 2 aromatic rings. The van der Waals surface area contributed by atoms with Crippen LogP contribution in [0.5, 0.6) is 0 Å². The zero-order valence-corrected chi connectivity index (χ0v) is 11.2. The summed E-state index contributed by atoms with van der Waals surface area (Å²) in [6.07, 6.45) is 1.14. The molecule has 3 rings (SSSR count). The number of benzene rings is 2. The highest BCUT2D eigenvalue weighted by molar-refractivity contribution is 6.30. The zero-order chi connectivity index (χ0) is 12.5. The van der Waals surface area contributed by atoms with Crippen LogP contribution in [0.15, 0.2) is 48.5 Å². The molecule has 1 atom stereocenters. The number of halogens is 1. The van der Waals surface area contributed by atoms with Gasteiger partial charge in [0.15, 0.2) is 0 Å². The topological polar surface area (TPSA) is 3.24 Å². The Morgan fingerprint density at radius 2 is 1.78 bits per heavy atom. The lowest BCUT2D eigenvalue weighted by Gasteiger charge is -2.35. The minimum Gasteiger partial charge on any atom is -0.295 e. The second-order valence-electron chi connectivity index (χ2n) is 4.88. The first-order valence-electron chi connectivity index (χ1n) is 6.29. The summed E-state index contributed by atoms with van der Waals surface area (Å²) in [5.74, 6) is 0. The Morgan fingerprint density at radius 3 is 2.56 bits per heavy atom. The third-order valence-corrected chi connectivity index (χ3v) is 3.96. The van der Waals surface area contributed by atoms with Gasteiger partial charge in [0.1, 0.15) is 0 Å². The molecule has 0 bridgehead atoms. The van der Waals surface area contributed by atoms with E-state index in [1.807, 2.05) is 12.1 Å². The van der Waals surface area contributed by atoms with Crippen molar-refractivity contribution in [3.63, 3.8) is 0 Å². The molecule has 18 heavy (non-hydrogen) atoms. The molecule has 1 nitrogen and oxygen atoms in total. The maximum absolute atomic E-state index is 5.97. The Balaban J connectivity index is 2.07. The van der Waals surface area contributed by atoms with Crippen molar-refractivity contribution < 1.29 is 0 Å². The fourth-order valence-corrected chi connectivity index (χ4v) is 2.90. The van der Waals surface area contributed by atoms with Gasteiger partial charge in [0.05, 0.1) is 6.04 Å². The molecule has 0 N–H and O–H groups in total. The predicted molar refractivity (Wildman–Crippen MR) is 76.1 cm³/mol. The highest BCUT2D eigenvalue weighted by atomic mass is 35.5. The molecular weight excluding hydrogens is 242 g/mol. The lowest BCUT2D eigenvalue weighted by Crippen LogP contribution is -2.32. The van der Waals surface area contributed by atoms with Crippen LogP contribution in [0.1, 0.15) is 22.7 Å². The Hall–Kier alpha value is -1.31. The highest BCUT2D eigenvalue weighted by Crippen LogP contribution is 2.34. The van der Waals surface area contributed by atoms with Gasteiger partial charge in [-0.3, -0.25) is 4.90 Å². The second-order valence-corrected chi connectivity index (χ2v) is 5.32. The molecule has 1 heterocycles. The Labute approximate surface area is 113 Å². The molecule has 2 heteroatoms. The highest BCUT2D eigenvalue weighted by Gasteiger charge is 2.25. The van der Waals surface area contributed by atoms with E-state index < -0.39 is 0 Å². The molecule has 0 aliphatic carbocycles. The molecule has 0 fully saturated rings. The van der Waals surface area contributed by atoms with Gasteiger partial charge in [0.25, 0.3) is 0 Å². The smallest absolute Gasteiger partial charge is 0.0602 e. The molecule has 0 saturated carbocycles. The molecule has 0 aromatic heterocycles. The fourth-order valence-electron chi connectivity index (χ4n) is 2.77. The van der Waals surface area contributed by atoms with Crippen LogP contribution in [0.4, 0.5) is 0 Å². The first kappa shape index (κ1) is 11.8. The lowest BCUT2D eigenvalue weighted by molar-refractivity contribution is 0.265. The van der Waals surface area contributed by atoms with Crippen LogP contribution in [0.2, 0.25) is 5.02 Å². The molecule has 0 unspecified atom stereocenters. The first-order chi connectivity index (χ1) is 8.75. The molecule has 92 valence electrons. The van der Waals surface area contributed by atoms with E-state index in [1.165, 1.54) is 16.7 Å². The molecule has 2 aromatic carbocycles. The van der Waals surface area contributed by atoms with Crippen molar-refractivity contribution in [2.75, 3.05) is 13.6 Å². The third kappa shape index (κ3) is 2.05. The quantitative estimate of drug-likeness (QED) is 0.749.